The van der Waals surface area contributed by atoms with Crippen molar-refractivity contribution >= 4 is 27.4 Å². The maximum atomic E-state index is 12.5. The van der Waals surface area contributed by atoms with Crippen LogP contribution in [0.4, 0.5) is 5.69 Å². The molecule has 2 aromatic carbocycles. The van der Waals surface area contributed by atoms with Crippen molar-refractivity contribution in [1.29, 1.82) is 0 Å². The van der Waals surface area contributed by atoms with E-state index in [1.807, 2.05) is 0 Å². The van der Waals surface area contributed by atoms with Crippen LogP contribution in [-0.2, 0) is 21.1 Å². The Morgan fingerprint density at radius 2 is 1.69 bits per heavy atom. The van der Waals surface area contributed by atoms with Gasteiger partial charge in [-0.3, -0.25) is 9.59 Å². The van der Waals surface area contributed by atoms with E-state index in [1.165, 1.54) is 19.1 Å². The van der Waals surface area contributed by atoms with Gasteiger partial charge >= 0.3 is 5.97 Å². The number of carbonyl (C=O) groups is 2. The monoisotopic (exact) mass is 375 g/mol. The zero-order valence-corrected chi connectivity index (χ0v) is 15.4. The smallest absolute Gasteiger partial charge is 0.306 e. The number of anilines is 1. The number of sulfone groups is 1. The van der Waals surface area contributed by atoms with Crippen LogP contribution >= 0.6 is 0 Å². The predicted octanol–water partition coefficient (Wildman–Crippen LogP) is 3.00. The van der Waals surface area contributed by atoms with E-state index in [0.29, 0.717) is 12.1 Å². The fourth-order valence-corrected chi connectivity index (χ4v) is 3.54. The van der Waals surface area contributed by atoms with Crippen molar-refractivity contribution in [3.05, 3.63) is 59.7 Å². The molecule has 1 atom stereocenters. The van der Waals surface area contributed by atoms with Gasteiger partial charge in [0, 0.05) is 5.69 Å². The average molecular weight is 375 g/mol. The number of carbonyl (C=O) groups excluding carboxylic acids is 1. The molecule has 0 aliphatic rings. The first-order valence-corrected chi connectivity index (χ1v) is 9.84. The van der Waals surface area contributed by atoms with Gasteiger partial charge in [-0.05, 0) is 36.2 Å². The second-order valence-electron chi connectivity index (χ2n) is 5.99. The van der Waals surface area contributed by atoms with Gasteiger partial charge in [0.15, 0.2) is 9.84 Å². The molecule has 0 aromatic heterocycles. The Kier molecular flexibility index (Phi) is 6.15. The Hall–Kier alpha value is -2.67. The van der Waals surface area contributed by atoms with Gasteiger partial charge in [-0.25, -0.2) is 8.42 Å². The van der Waals surface area contributed by atoms with E-state index in [2.05, 4.69) is 5.32 Å². The van der Waals surface area contributed by atoms with E-state index in [9.17, 15) is 18.0 Å². The van der Waals surface area contributed by atoms with Crippen LogP contribution in [0, 0.1) is 5.92 Å². The molecule has 1 unspecified atom stereocenters. The quantitative estimate of drug-likeness (QED) is 0.775. The summed E-state index contributed by atoms with van der Waals surface area (Å²) in [5.74, 6) is -1.96. The van der Waals surface area contributed by atoms with Crippen LogP contribution < -0.4 is 5.32 Å². The van der Waals surface area contributed by atoms with Gasteiger partial charge in [-0.15, -0.1) is 0 Å². The number of carboxylic acid groups (broad SMARTS) is 1. The van der Waals surface area contributed by atoms with Gasteiger partial charge in [0.2, 0.25) is 0 Å². The Bertz CT molecular complexity index is 904. The first-order valence-electron chi connectivity index (χ1n) is 8.19. The second-order valence-corrected chi connectivity index (χ2v) is 8.24. The van der Waals surface area contributed by atoms with Gasteiger partial charge in [-0.1, -0.05) is 38.1 Å². The molecular formula is C19H21NO5S. The summed E-state index contributed by atoms with van der Waals surface area (Å²) in [7, 11) is -3.51. The number of hydrogen-bond donors (Lipinski definition) is 2. The highest BCUT2D eigenvalue weighted by Crippen LogP contribution is 2.19. The molecule has 138 valence electrons. The lowest BCUT2D eigenvalue weighted by Crippen LogP contribution is -2.17. The molecule has 0 radical (unpaired) electrons. The Balaban J connectivity index is 2.18. The molecule has 26 heavy (non-hydrogen) atoms. The summed E-state index contributed by atoms with van der Waals surface area (Å²) in [5.41, 5.74) is 1.44. The Morgan fingerprint density at radius 3 is 2.27 bits per heavy atom. The summed E-state index contributed by atoms with van der Waals surface area (Å²) >= 11 is 0. The van der Waals surface area contributed by atoms with Crippen molar-refractivity contribution in [2.24, 2.45) is 5.92 Å². The van der Waals surface area contributed by atoms with Crippen LogP contribution in [0.25, 0.3) is 0 Å². The first-order chi connectivity index (χ1) is 12.2. The molecule has 0 saturated carbocycles. The largest absolute Gasteiger partial charge is 0.481 e. The van der Waals surface area contributed by atoms with E-state index in [1.54, 1.807) is 43.3 Å². The van der Waals surface area contributed by atoms with Crippen LogP contribution in [0.5, 0.6) is 0 Å². The van der Waals surface area contributed by atoms with Crippen LogP contribution in [0.3, 0.4) is 0 Å². The highest BCUT2D eigenvalue weighted by molar-refractivity contribution is 7.91. The first kappa shape index (κ1) is 19.7. The third-order valence-electron chi connectivity index (χ3n) is 4.02. The Labute approximate surface area is 152 Å². The minimum Gasteiger partial charge on any atom is -0.481 e. The summed E-state index contributed by atoms with van der Waals surface area (Å²) in [6.07, 6.45) is 0.390. The van der Waals surface area contributed by atoms with Crippen molar-refractivity contribution in [3.63, 3.8) is 0 Å². The fourth-order valence-electron chi connectivity index (χ4n) is 2.44. The number of hydrogen-bond acceptors (Lipinski definition) is 4. The van der Waals surface area contributed by atoms with Crippen molar-refractivity contribution in [2.45, 2.75) is 25.2 Å². The molecule has 0 heterocycles. The predicted molar refractivity (Wildman–Crippen MR) is 99.1 cm³/mol. The lowest BCUT2D eigenvalue weighted by molar-refractivity contribution is -0.141. The van der Waals surface area contributed by atoms with Gasteiger partial charge in [0.05, 0.1) is 22.1 Å². The zero-order valence-electron chi connectivity index (χ0n) is 14.6. The minimum atomic E-state index is -3.51. The molecule has 0 aliphatic heterocycles. The second kappa shape index (κ2) is 8.14. The highest BCUT2D eigenvalue weighted by Gasteiger charge is 2.20. The van der Waals surface area contributed by atoms with Crippen LogP contribution in [-0.4, -0.2) is 31.2 Å². The van der Waals surface area contributed by atoms with E-state index >= 15 is 0 Å². The van der Waals surface area contributed by atoms with Gasteiger partial charge in [0.25, 0.3) is 5.91 Å². The molecule has 2 aromatic rings. The van der Waals surface area contributed by atoms with Crippen LogP contribution in [0.15, 0.2) is 53.4 Å². The lowest BCUT2D eigenvalue weighted by atomic mass is 10.0. The maximum absolute atomic E-state index is 12.5. The van der Waals surface area contributed by atoms with E-state index in [0.717, 1.165) is 5.56 Å². The van der Waals surface area contributed by atoms with Gasteiger partial charge in [0.1, 0.15) is 0 Å². The topological polar surface area (TPSA) is 101 Å². The molecule has 2 N–H and O–H groups in total. The molecule has 0 aliphatic carbocycles. The van der Waals surface area contributed by atoms with Crippen molar-refractivity contribution in [1.82, 2.24) is 0 Å². The van der Waals surface area contributed by atoms with Gasteiger partial charge in [-0.2, -0.15) is 0 Å². The third kappa shape index (κ3) is 4.70. The van der Waals surface area contributed by atoms with E-state index in [-0.39, 0.29) is 16.2 Å². The number of benzene rings is 2. The van der Waals surface area contributed by atoms with E-state index in [4.69, 9.17) is 5.11 Å². The van der Waals surface area contributed by atoms with Gasteiger partial charge < -0.3 is 10.4 Å². The van der Waals surface area contributed by atoms with Crippen molar-refractivity contribution < 1.29 is 23.1 Å². The molecule has 2 rings (SSSR count). The highest BCUT2D eigenvalue weighted by atomic mass is 32.2. The summed E-state index contributed by atoms with van der Waals surface area (Å²) < 4.78 is 24.3. The summed E-state index contributed by atoms with van der Waals surface area (Å²) in [6, 6.07) is 12.9. The molecule has 0 fully saturated rings. The number of rotatable bonds is 7. The molecule has 0 spiro atoms. The Morgan fingerprint density at radius 1 is 1.08 bits per heavy atom. The fraction of sp³-hybridized carbons (Fsp3) is 0.263. The molecule has 0 bridgehead atoms. The standard InChI is InChI=1S/C19H21NO5S/c1-3-26(24,25)17-7-5-4-6-16(17)18(21)20-15-10-8-14(9-11-15)12-13(2)19(22)23/h4-11,13H,3,12H2,1-2H3,(H,20,21)(H,22,23). The minimum absolute atomic E-state index is 0.00639. The van der Waals surface area contributed by atoms with E-state index < -0.39 is 27.6 Å². The lowest BCUT2D eigenvalue weighted by Gasteiger charge is -2.11. The third-order valence-corrected chi connectivity index (χ3v) is 5.81. The molecule has 1 amide bonds. The molecule has 6 nitrogen and oxygen atoms in total. The van der Waals surface area contributed by atoms with Crippen LogP contribution in [0.1, 0.15) is 29.8 Å². The summed E-state index contributed by atoms with van der Waals surface area (Å²) in [4.78, 5) is 23.4. The number of amides is 1. The SMILES string of the molecule is CCS(=O)(=O)c1ccccc1C(=O)Nc1ccc(CC(C)C(=O)O)cc1. The number of nitrogens with one attached hydrogen (secondary N) is 1. The number of carboxylic acids is 1. The summed E-state index contributed by atoms with van der Waals surface area (Å²) in [5, 5.41) is 11.6. The van der Waals surface area contributed by atoms with Crippen molar-refractivity contribution in [3.8, 4) is 0 Å². The maximum Gasteiger partial charge on any atom is 0.306 e. The van der Waals surface area contributed by atoms with Crippen molar-refractivity contribution in [2.75, 3.05) is 11.1 Å². The summed E-state index contributed by atoms with van der Waals surface area (Å²) in [6.45, 7) is 3.16. The van der Waals surface area contributed by atoms with Crippen LogP contribution in [0.2, 0.25) is 0 Å². The molecular weight excluding hydrogens is 354 g/mol. The molecule has 7 heteroatoms. The number of aliphatic carboxylic acids is 1. The molecule has 0 saturated heterocycles. The average Bonchev–Trinajstić information content (AvgIpc) is 2.63. The normalized spacial score (nSPS) is 12.4. The zero-order chi connectivity index (χ0) is 19.3.